The molecule has 0 saturated heterocycles. The SMILES string of the molecule is CCOC(=O)C(O)c1cc(Br)c2c(c1)OCC(C)(C)CO2. The zero-order valence-corrected chi connectivity index (χ0v) is 13.9. The van der Waals surface area contributed by atoms with E-state index in [-0.39, 0.29) is 12.0 Å². The summed E-state index contributed by atoms with van der Waals surface area (Å²) >= 11 is 3.39. The van der Waals surface area contributed by atoms with Crippen LogP contribution in [0.5, 0.6) is 11.5 Å². The van der Waals surface area contributed by atoms with Crippen molar-refractivity contribution in [1.82, 2.24) is 0 Å². The van der Waals surface area contributed by atoms with Gasteiger partial charge in [-0.2, -0.15) is 0 Å². The smallest absolute Gasteiger partial charge is 0.339 e. The number of carbonyl (C=O) groups excluding carboxylic acids is 1. The maximum atomic E-state index is 11.6. The van der Waals surface area contributed by atoms with E-state index in [1.807, 2.05) is 13.8 Å². The molecule has 21 heavy (non-hydrogen) atoms. The lowest BCUT2D eigenvalue weighted by atomic mass is 9.97. The summed E-state index contributed by atoms with van der Waals surface area (Å²) in [5, 5.41) is 10.0. The number of carbonyl (C=O) groups is 1. The van der Waals surface area contributed by atoms with Gasteiger partial charge in [-0.1, -0.05) is 13.8 Å². The van der Waals surface area contributed by atoms with Crippen LogP contribution in [0.25, 0.3) is 0 Å². The van der Waals surface area contributed by atoms with Crippen LogP contribution in [0.15, 0.2) is 16.6 Å². The lowest BCUT2D eigenvalue weighted by molar-refractivity contribution is -0.153. The Kier molecular flexibility index (Phi) is 4.78. The van der Waals surface area contributed by atoms with Gasteiger partial charge in [-0.3, -0.25) is 0 Å². The number of halogens is 1. The number of esters is 1. The molecule has 0 aromatic heterocycles. The Morgan fingerprint density at radius 1 is 1.43 bits per heavy atom. The predicted molar refractivity (Wildman–Crippen MR) is 80.5 cm³/mol. The Balaban J connectivity index is 2.31. The molecule has 1 aromatic carbocycles. The van der Waals surface area contributed by atoms with Crippen LogP contribution < -0.4 is 9.47 Å². The molecule has 1 atom stereocenters. The molecule has 1 N–H and O–H groups in total. The molecule has 2 rings (SSSR count). The Morgan fingerprint density at radius 3 is 2.76 bits per heavy atom. The standard InChI is InChI=1S/C15H19BrO5/c1-4-19-14(18)12(17)9-5-10(16)13-11(6-9)20-7-15(2,3)8-21-13/h5-6,12,17H,4,7-8H2,1-3H3. The fourth-order valence-electron chi connectivity index (χ4n) is 1.93. The lowest BCUT2D eigenvalue weighted by Gasteiger charge is -2.19. The number of hydrogen-bond donors (Lipinski definition) is 1. The van der Waals surface area contributed by atoms with Crippen LogP contribution in [-0.2, 0) is 9.53 Å². The summed E-state index contributed by atoms with van der Waals surface area (Å²) in [7, 11) is 0. The minimum Gasteiger partial charge on any atom is -0.489 e. The molecule has 1 heterocycles. The lowest BCUT2D eigenvalue weighted by Crippen LogP contribution is -2.26. The van der Waals surface area contributed by atoms with Crippen LogP contribution in [-0.4, -0.2) is 30.9 Å². The van der Waals surface area contributed by atoms with Gasteiger partial charge in [0.2, 0.25) is 0 Å². The van der Waals surface area contributed by atoms with Gasteiger partial charge in [0.1, 0.15) is 0 Å². The van der Waals surface area contributed by atoms with Crippen molar-refractivity contribution in [3.8, 4) is 11.5 Å². The molecular formula is C15H19BrO5. The fraction of sp³-hybridized carbons (Fsp3) is 0.533. The highest BCUT2D eigenvalue weighted by atomic mass is 79.9. The van der Waals surface area contributed by atoms with Gasteiger partial charge >= 0.3 is 5.97 Å². The highest BCUT2D eigenvalue weighted by Crippen LogP contribution is 2.41. The number of fused-ring (bicyclic) bond motifs is 1. The average Bonchev–Trinajstić information content (AvgIpc) is 2.57. The Morgan fingerprint density at radius 2 is 2.10 bits per heavy atom. The third kappa shape index (κ3) is 3.68. The number of benzene rings is 1. The van der Waals surface area contributed by atoms with Crippen molar-refractivity contribution in [2.45, 2.75) is 26.9 Å². The maximum absolute atomic E-state index is 11.6. The summed E-state index contributed by atoms with van der Waals surface area (Å²) < 4.78 is 17.0. The molecular weight excluding hydrogens is 340 g/mol. The highest BCUT2D eigenvalue weighted by Gasteiger charge is 2.28. The molecule has 0 aliphatic carbocycles. The normalized spacial score (nSPS) is 17.8. The summed E-state index contributed by atoms with van der Waals surface area (Å²) in [4.78, 5) is 11.6. The van der Waals surface area contributed by atoms with Crippen LogP contribution in [0.4, 0.5) is 0 Å². The van der Waals surface area contributed by atoms with Crippen LogP contribution in [0.2, 0.25) is 0 Å². The Hall–Kier alpha value is -1.27. The third-order valence-electron chi connectivity index (χ3n) is 3.08. The molecule has 0 amide bonds. The van der Waals surface area contributed by atoms with E-state index in [4.69, 9.17) is 14.2 Å². The molecule has 1 aliphatic rings. The maximum Gasteiger partial charge on any atom is 0.339 e. The minimum absolute atomic E-state index is 0.113. The molecule has 1 aliphatic heterocycles. The molecule has 1 unspecified atom stereocenters. The molecule has 0 fully saturated rings. The number of aliphatic hydroxyl groups is 1. The van der Waals surface area contributed by atoms with E-state index >= 15 is 0 Å². The van der Waals surface area contributed by atoms with Crippen molar-refractivity contribution < 1.29 is 24.1 Å². The molecule has 0 saturated carbocycles. The van der Waals surface area contributed by atoms with Gasteiger partial charge in [-0.25, -0.2) is 4.79 Å². The molecule has 5 nitrogen and oxygen atoms in total. The average molecular weight is 359 g/mol. The molecule has 0 spiro atoms. The molecule has 6 heteroatoms. The first-order chi connectivity index (χ1) is 9.84. The van der Waals surface area contributed by atoms with Crippen LogP contribution in [0, 0.1) is 5.41 Å². The second kappa shape index (κ2) is 6.23. The van der Waals surface area contributed by atoms with Gasteiger partial charge in [0.25, 0.3) is 0 Å². The van der Waals surface area contributed by atoms with E-state index < -0.39 is 12.1 Å². The fourth-order valence-corrected chi connectivity index (χ4v) is 2.51. The summed E-state index contributed by atoms with van der Waals surface area (Å²) in [6.07, 6.45) is -1.34. The van der Waals surface area contributed by atoms with Crippen molar-refractivity contribution in [3.05, 3.63) is 22.2 Å². The van der Waals surface area contributed by atoms with E-state index in [0.29, 0.717) is 34.7 Å². The predicted octanol–water partition coefficient (Wildman–Crippen LogP) is 2.84. The first-order valence-electron chi connectivity index (χ1n) is 6.78. The van der Waals surface area contributed by atoms with Crippen molar-refractivity contribution in [2.75, 3.05) is 19.8 Å². The van der Waals surface area contributed by atoms with Crippen molar-refractivity contribution in [3.63, 3.8) is 0 Å². The van der Waals surface area contributed by atoms with E-state index in [9.17, 15) is 9.90 Å². The summed E-state index contributed by atoms with van der Waals surface area (Å²) in [5.41, 5.74) is 0.292. The van der Waals surface area contributed by atoms with Crippen LogP contribution >= 0.6 is 15.9 Å². The highest BCUT2D eigenvalue weighted by molar-refractivity contribution is 9.10. The first kappa shape index (κ1) is 16.1. The van der Waals surface area contributed by atoms with E-state index in [1.54, 1.807) is 19.1 Å². The van der Waals surface area contributed by atoms with E-state index in [1.165, 1.54) is 0 Å². The Labute approximate surface area is 132 Å². The third-order valence-corrected chi connectivity index (χ3v) is 3.67. The summed E-state index contributed by atoms with van der Waals surface area (Å²) in [6, 6.07) is 3.26. The topological polar surface area (TPSA) is 65.0 Å². The second-order valence-electron chi connectivity index (χ2n) is 5.73. The zero-order chi connectivity index (χ0) is 15.6. The summed E-state index contributed by atoms with van der Waals surface area (Å²) in [5.74, 6) is 0.410. The van der Waals surface area contributed by atoms with Crippen LogP contribution in [0.1, 0.15) is 32.4 Å². The molecule has 116 valence electrons. The largest absolute Gasteiger partial charge is 0.489 e. The quantitative estimate of drug-likeness (QED) is 0.841. The molecule has 1 aromatic rings. The number of ether oxygens (including phenoxy) is 3. The van der Waals surface area contributed by atoms with Gasteiger partial charge in [0.15, 0.2) is 17.6 Å². The summed E-state index contributed by atoms with van der Waals surface area (Å²) in [6.45, 7) is 7.01. The Bertz CT molecular complexity index is 541. The number of aliphatic hydroxyl groups excluding tert-OH is 1. The van der Waals surface area contributed by atoms with Crippen molar-refractivity contribution in [2.24, 2.45) is 5.41 Å². The molecule has 0 bridgehead atoms. The van der Waals surface area contributed by atoms with Gasteiger partial charge < -0.3 is 19.3 Å². The minimum atomic E-state index is -1.34. The van der Waals surface area contributed by atoms with Gasteiger partial charge in [0.05, 0.1) is 24.3 Å². The van der Waals surface area contributed by atoms with Gasteiger partial charge in [0, 0.05) is 5.41 Å². The molecule has 0 radical (unpaired) electrons. The van der Waals surface area contributed by atoms with E-state index in [0.717, 1.165) is 0 Å². The number of rotatable bonds is 3. The van der Waals surface area contributed by atoms with E-state index in [2.05, 4.69) is 15.9 Å². The number of hydrogen-bond acceptors (Lipinski definition) is 5. The van der Waals surface area contributed by atoms with Crippen LogP contribution in [0.3, 0.4) is 0 Å². The monoisotopic (exact) mass is 358 g/mol. The zero-order valence-electron chi connectivity index (χ0n) is 12.3. The van der Waals surface area contributed by atoms with Crippen molar-refractivity contribution >= 4 is 21.9 Å². The second-order valence-corrected chi connectivity index (χ2v) is 6.58. The van der Waals surface area contributed by atoms with Gasteiger partial charge in [-0.05, 0) is 40.5 Å². The van der Waals surface area contributed by atoms with Crippen molar-refractivity contribution in [1.29, 1.82) is 0 Å². The van der Waals surface area contributed by atoms with Gasteiger partial charge in [-0.15, -0.1) is 0 Å². The first-order valence-corrected chi connectivity index (χ1v) is 7.57.